The van der Waals surface area contributed by atoms with Crippen molar-refractivity contribution in [3.05, 3.63) is 85.6 Å². The van der Waals surface area contributed by atoms with Crippen LogP contribution in [0.5, 0.6) is 0 Å². The highest BCUT2D eigenvalue weighted by Gasteiger charge is 2.17. The van der Waals surface area contributed by atoms with Crippen molar-refractivity contribution in [2.75, 3.05) is 11.9 Å². The number of amides is 1. The molecule has 0 radical (unpaired) electrons. The number of hydrogen-bond donors (Lipinski definition) is 1. The Morgan fingerprint density at radius 1 is 1.00 bits per heavy atom. The molecule has 12 heteroatoms. The smallest absolute Gasteiger partial charge is 0.374 e. The number of nitro benzene ring substituents is 2. The van der Waals surface area contributed by atoms with Gasteiger partial charge in [-0.05, 0) is 36.4 Å². The number of furan rings is 1. The highest BCUT2D eigenvalue weighted by molar-refractivity contribution is 6.32. The third-order valence-corrected chi connectivity index (χ3v) is 4.25. The molecule has 1 amide bonds. The van der Waals surface area contributed by atoms with Gasteiger partial charge in [-0.15, -0.1) is 0 Å². The average Bonchev–Trinajstić information content (AvgIpc) is 3.23. The lowest BCUT2D eigenvalue weighted by Gasteiger charge is -2.06. The minimum Gasteiger partial charge on any atom is -0.450 e. The first-order valence-electron chi connectivity index (χ1n) is 8.50. The Labute approximate surface area is 178 Å². The standard InChI is InChI=1S/C19H12ClN3O8/c20-14-6-3-12(9-15(14)23(28)29)21-18(24)10-30-19(25)17-8-7-16(31-17)11-1-4-13(5-2-11)22(26)27/h1-9H,10H2,(H,21,24). The first kappa shape index (κ1) is 21.5. The van der Waals surface area contributed by atoms with E-state index in [2.05, 4.69) is 5.32 Å². The monoisotopic (exact) mass is 445 g/mol. The molecule has 3 aromatic rings. The van der Waals surface area contributed by atoms with Crippen molar-refractivity contribution in [3.8, 4) is 11.3 Å². The summed E-state index contributed by atoms with van der Waals surface area (Å²) in [5.74, 6) is -1.54. The van der Waals surface area contributed by atoms with E-state index >= 15 is 0 Å². The van der Waals surface area contributed by atoms with Crippen molar-refractivity contribution >= 4 is 40.5 Å². The molecule has 0 aliphatic heterocycles. The molecule has 2 aromatic carbocycles. The topological polar surface area (TPSA) is 155 Å². The van der Waals surface area contributed by atoms with Crippen LogP contribution in [0.4, 0.5) is 17.1 Å². The van der Waals surface area contributed by atoms with Crippen LogP contribution in [0, 0.1) is 20.2 Å². The summed E-state index contributed by atoms with van der Waals surface area (Å²) in [6, 6.07) is 12.0. The Hall–Kier alpha value is -4.25. The summed E-state index contributed by atoms with van der Waals surface area (Å²) in [7, 11) is 0. The van der Waals surface area contributed by atoms with E-state index in [1.807, 2.05) is 0 Å². The van der Waals surface area contributed by atoms with E-state index in [4.69, 9.17) is 20.8 Å². The minimum atomic E-state index is -0.912. The predicted octanol–water partition coefficient (Wildman–Crippen LogP) is 4.21. The zero-order valence-electron chi connectivity index (χ0n) is 15.4. The van der Waals surface area contributed by atoms with Crippen molar-refractivity contribution in [1.29, 1.82) is 0 Å². The van der Waals surface area contributed by atoms with E-state index in [0.717, 1.165) is 6.07 Å². The molecule has 3 rings (SSSR count). The molecular weight excluding hydrogens is 434 g/mol. The van der Waals surface area contributed by atoms with Crippen molar-refractivity contribution in [1.82, 2.24) is 0 Å². The zero-order chi connectivity index (χ0) is 22.5. The summed E-state index contributed by atoms with van der Waals surface area (Å²) in [5.41, 5.74) is 0.139. The van der Waals surface area contributed by atoms with E-state index in [-0.39, 0.29) is 33.6 Å². The summed E-state index contributed by atoms with van der Waals surface area (Å²) in [5, 5.41) is 23.8. The van der Waals surface area contributed by atoms with Crippen molar-refractivity contribution in [2.45, 2.75) is 0 Å². The van der Waals surface area contributed by atoms with Crippen molar-refractivity contribution in [2.24, 2.45) is 0 Å². The molecule has 0 saturated heterocycles. The molecular formula is C19H12ClN3O8. The second-order valence-corrected chi connectivity index (χ2v) is 6.42. The summed E-state index contributed by atoms with van der Waals surface area (Å²) < 4.78 is 10.2. The number of benzene rings is 2. The highest BCUT2D eigenvalue weighted by atomic mass is 35.5. The first-order valence-corrected chi connectivity index (χ1v) is 8.88. The Morgan fingerprint density at radius 2 is 1.71 bits per heavy atom. The molecule has 1 N–H and O–H groups in total. The van der Waals surface area contributed by atoms with Crippen LogP contribution in [-0.2, 0) is 9.53 Å². The number of halogens is 1. The molecule has 0 bridgehead atoms. The number of esters is 1. The fourth-order valence-corrected chi connectivity index (χ4v) is 2.67. The molecule has 158 valence electrons. The highest BCUT2D eigenvalue weighted by Crippen LogP contribution is 2.27. The zero-order valence-corrected chi connectivity index (χ0v) is 16.2. The molecule has 11 nitrogen and oxygen atoms in total. The van der Waals surface area contributed by atoms with Crippen LogP contribution < -0.4 is 5.32 Å². The quantitative estimate of drug-likeness (QED) is 0.322. The largest absolute Gasteiger partial charge is 0.450 e. The van der Waals surface area contributed by atoms with Crippen molar-refractivity contribution < 1.29 is 28.6 Å². The Kier molecular flexibility index (Phi) is 6.26. The fourth-order valence-electron chi connectivity index (χ4n) is 2.48. The summed E-state index contributed by atoms with van der Waals surface area (Å²) in [6.45, 7) is -0.664. The van der Waals surface area contributed by atoms with Gasteiger partial charge in [0.2, 0.25) is 5.76 Å². The van der Waals surface area contributed by atoms with Gasteiger partial charge >= 0.3 is 5.97 Å². The molecule has 31 heavy (non-hydrogen) atoms. The van der Waals surface area contributed by atoms with Crippen LogP contribution in [0.3, 0.4) is 0 Å². The maximum atomic E-state index is 12.1. The van der Waals surface area contributed by atoms with E-state index in [1.54, 1.807) is 0 Å². The number of hydrogen-bond acceptors (Lipinski definition) is 8. The van der Waals surface area contributed by atoms with Gasteiger partial charge in [-0.25, -0.2) is 4.79 Å². The SMILES string of the molecule is O=C(COC(=O)c1ccc(-c2ccc([N+](=O)[O-])cc2)o1)Nc1ccc(Cl)c([N+](=O)[O-])c1. The third kappa shape index (κ3) is 5.22. The Bertz CT molecular complexity index is 1170. The Balaban J connectivity index is 1.58. The number of carbonyl (C=O) groups excluding carboxylic acids is 2. The second-order valence-electron chi connectivity index (χ2n) is 6.02. The molecule has 0 spiro atoms. The number of nitrogens with one attached hydrogen (secondary N) is 1. The second kappa shape index (κ2) is 9.05. The van der Waals surface area contributed by atoms with Gasteiger partial charge in [0.25, 0.3) is 17.3 Å². The van der Waals surface area contributed by atoms with Gasteiger partial charge in [-0.3, -0.25) is 25.0 Å². The van der Waals surface area contributed by atoms with Gasteiger partial charge in [0.1, 0.15) is 10.8 Å². The van der Waals surface area contributed by atoms with Crippen LogP contribution in [-0.4, -0.2) is 28.3 Å². The van der Waals surface area contributed by atoms with Crippen LogP contribution >= 0.6 is 11.6 Å². The lowest BCUT2D eigenvalue weighted by atomic mass is 10.1. The van der Waals surface area contributed by atoms with E-state index < -0.39 is 28.3 Å². The van der Waals surface area contributed by atoms with Crippen LogP contribution in [0.15, 0.2) is 59.0 Å². The van der Waals surface area contributed by atoms with Gasteiger partial charge in [-0.1, -0.05) is 11.6 Å². The number of rotatable bonds is 7. The summed E-state index contributed by atoms with van der Waals surface area (Å²) >= 11 is 5.70. The van der Waals surface area contributed by atoms with E-state index in [1.165, 1.54) is 48.5 Å². The van der Waals surface area contributed by atoms with Crippen LogP contribution in [0.1, 0.15) is 10.6 Å². The maximum absolute atomic E-state index is 12.1. The van der Waals surface area contributed by atoms with Gasteiger partial charge < -0.3 is 14.5 Å². The number of nitrogens with zero attached hydrogens (tertiary/aromatic N) is 2. The number of non-ortho nitro benzene ring substituents is 1. The number of ether oxygens (including phenoxy) is 1. The molecule has 0 fully saturated rings. The van der Waals surface area contributed by atoms with Crippen LogP contribution in [0.25, 0.3) is 11.3 Å². The normalized spacial score (nSPS) is 10.4. The summed E-state index contributed by atoms with van der Waals surface area (Å²) in [4.78, 5) is 44.4. The third-order valence-electron chi connectivity index (χ3n) is 3.93. The fraction of sp³-hybridized carbons (Fsp3) is 0.0526. The predicted molar refractivity (Wildman–Crippen MR) is 108 cm³/mol. The first-order chi connectivity index (χ1) is 14.7. The average molecular weight is 446 g/mol. The van der Waals surface area contributed by atoms with E-state index in [9.17, 15) is 29.8 Å². The van der Waals surface area contributed by atoms with Crippen LogP contribution in [0.2, 0.25) is 5.02 Å². The molecule has 0 atom stereocenters. The molecule has 0 unspecified atom stereocenters. The van der Waals surface area contributed by atoms with Crippen molar-refractivity contribution in [3.63, 3.8) is 0 Å². The molecule has 0 aliphatic rings. The molecule has 1 heterocycles. The lowest BCUT2D eigenvalue weighted by molar-refractivity contribution is -0.384. The van der Waals surface area contributed by atoms with Gasteiger partial charge in [0.05, 0.1) is 9.85 Å². The Morgan fingerprint density at radius 3 is 2.35 bits per heavy atom. The van der Waals surface area contributed by atoms with Gasteiger partial charge in [0, 0.05) is 29.4 Å². The number of carbonyl (C=O) groups is 2. The summed E-state index contributed by atoms with van der Waals surface area (Å²) in [6.07, 6.45) is 0. The molecule has 0 saturated carbocycles. The molecule has 1 aromatic heterocycles. The van der Waals surface area contributed by atoms with Gasteiger partial charge in [0.15, 0.2) is 6.61 Å². The minimum absolute atomic E-state index is 0.0870. The number of anilines is 1. The number of nitro groups is 2. The molecule has 0 aliphatic carbocycles. The maximum Gasteiger partial charge on any atom is 0.374 e. The van der Waals surface area contributed by atoms with Gasteiger partial charge in [-0.2, -0.15) is 0 Å². The lowest BCUT2D eigenvalue weighted by Crippen LogP contribution is -2.20. The van der Waals surface area contributed by atoms with E-state index in [0.29, 0.717) is 5.56 Å².